The van der Waals surface area contributed by atoms with E-state index in [1.165, 1.54) is 0 Å². The molecule has 0 aliphatic carbocycles. The topological polar surface area (TPSA) is 241 Å². The molecule has 0 heterocycles. The Morgan fingerprint density at radius 3 is 1.86 bits per heavy atom. The zero-order valence-corrected chi connectivity index (χ0v) is 22.0. The van der Waals surface area contributed by atoms with Gasteiger partial charge in [0, 0.05) is 6.54 Å². The van der Waals surface area contributed by atoms with Crippen molar-refractivity contribution in [1.29, 1.82) is 0 Å². The van der Waals surface area contributed by atoms with Crippen LogP contribution in [-0.4, -0.2) is 72.0 Å². The molecular formula is C23H46N8O5. The highest BCUT2D eigenvalue weighted by Gasteiger charge is 2.31. The number of rotatable bonds is 18. The van der Waals surface area contributed by atoms with Crippen LogP contribution < -0.4 is 38.9 Å². The molecule has 0 aromatic carbocycles. The predicted octanol–water partition coefficient (Wildman–Crippen LogP) is -1.26. The van der Waals surface area contributed by atoms with Crippen LogP contribution in [0, 0.1) is 11.8 Å². The van der Waals surface area contributed by atoms with Gasteiger partial charge in [-0.1, -0.05) is 34.1 Å². The van der Waals surface area contributed by atoms with Crippen LogP contribution in [0.4, 0.5) is 0 Å². The van der Waals surface area contributed by atoms with Crippen molar-refractivity contribution in [2.45, 2.75) is 90.4 Å². The third-order valence-electron chi connectivity index (χ3n) is 5.95. The average Bonchev–Trinajstić information content (AvgIpc) is 2.81. The van der Waals surface area contributed by atoms with Crippen molar-refractivity contribution in [2.24, 2.45) is 39.8 Å². The smallest absolute Gasteiger partial charge is 0.326 e. The van der Waals surface area contributed by atoms with Crippen LogP contribution in [0.3, 0.4) is 0 Å². The van der Waals surface area contributed by atoms with Crippen molar-refractivity contribution in [3.05, 3.63) is 0 Å². The first kappa shape index (κ1) is 33.1. The maximum Gasteiger partial charge on any atom is 0.326 e. The van der Waals surface area contributed by atoms with Gasteiger partial charge in [-0.15, -0.1) is 0 Å². The minimum Gasteiger partial charge on any atom is -0.480 e. The molecule has 0 saturated carbocycles. The van der Waals surface area contributed by atoms with Gasteiger partial charge in [-0.25, -0.2) is 4.79 Å². The molecule has 0 aromatic heterocycles. The van der Waals surface area contributed by atoms with E-state index in [9.17, 15) is 24.3 Å². The SMILES string of the molecule is CCC(C)C(N)C(=O)NC(CCCCN)C(=O)NC(CCCN=C(N)N)C(=O)NC(C(=O)O)C(C)C. The average molecular weight is 515 g/mol. The maximum absolute atomic E-state index is 13.2. The Balaban J connectivity index is 5.66. The zero-order chi connectivity index (χ0) is 27.8. The second-order valence-corrected chi connectivity index (χ2v) is 9.34. The summed E-state index contributed by atoms with van der Waals surface area (Å²) in [5.74, 6) is -3.45. The molecule has 0 aliphatic rings. The largest absolute Gasteiger partial charge is 0.480 e. The molecule has 5 unspecified atom stereocenters. The van der Waals surface area contributed by atoms with Crippen LogP contribution in [0.15, 0.2) is 4.99 Å². The fourth-order valence-corrected chi connectivity index (χ4v) is 3.35. The van der Waals surface area contributed by atoms with E-state index in [1.807, 2.05) is 13.8 Å². The zero-order valence-electron chi connectivity index (χ0n) is 22.0. The van der Waals surface area contributed by atoms with Gasteiger partial charge in [0.25, 0.3) is 0 Å². The summed E-state index contributed by atoms with van der Waals surface area (Å²) in [4.78, 5) is 54.2. The minimum atomic E-state index is -1.19. The first-order valence-electron chi connectivity index (χ1n) is 12.5. The molecule has 0 spiro atoms. The molecule has 0 radical (unpaired) electrons. The molecule has 0 fully saturated rings. The van der Waals surface area contributed by atoms with Gasteiger partial charge in [-0.05, 0) is 50.5 Å². The number of nitrogens with one attached hydrogen (secondary N) is 3. The van der Waals surface area contributed by atoms with E-state index in [2.05, 4.69) is 20.9 Å². The van der Waals surface area contributed by atoms with Crippen LogP contribution >= 0.6 is 0 Å². The van der Waals surface area contributed by atoms with Gasteiger partial charge in [-0.2, -0.15) is 0 Å². The standard InChI is InChI=1S/C23H46N8O5/c1-5-14(4)17(25)21(34)30-15(9-6-7-11-24)19(32)29-16(10-8-12-28-23(26)27)20(33)31-18(13(2)3)22(35)36/h13-18H,5-12,24-25H2,1-4H3,(H,29,32)(H,30,34)(H,31,33)(H,35,36)(H4,26,27,28). The number of amides is 3. The summed E-state index contributed by atoms with van der Waals surface area (Å²) in [6, 6.07) is -3.93. The van der Waals surface area contributed by atoms with E-state index in [1.54, 1.807) is 13.8 Å². The van der Waals surface area contributed by atoms with Crippen molar-refractivity contribution < 1.29 is 24.3 Å². The first-order chi connectivity index (χ1) is 16.8. The summed E-state index contributed by atoms with van der Waals surface area (Å²) in [6.45, 7) is 7.73. The number of aliphatic carboxylic acids is 1. The summed E-state index contributed by atoms with van der Waals surface area (Å²) in [5.41, 5.74) is 22.3. The Kier molecular flexibility index (Phi) is 16.1. The minimum absolute atomic E-state index is 0.0872. The van der Waals surface area contributed by atoms with Crippen molar-refractivity contribution >= 4 is 29.7 Å². The quantitative estimate of drug-likeness (QED) is 0.0617. The first-order valence-corrected chi connectivity index (χ1v) is 12.5. The monoisotopic (exact) mass is 514 g/mol. The van der Waals surface area contributed by atoms with Gasteiger partial charge in [0.1, 0.15) is 18.1 Å². The van der Waals surface area contributed by atoms with Crippen LogP contribution in [0.25, 0.3) is 0 Å². The number of nitrogens with zero attached hydrogens (tertiary/aromatic N) is 1. The van der Waals surface area contributed by atoms with Crippen molar-refractivity contribution in [3.8, 4) is 0 Å². The lowest BCUT2D eigenvalue weighted by atomic mass is 9.98. The Morgan fingerprint density at radius 2 is 1.39 bits per heavy atom. The van der Waals surface area contributed by atoms with Crippen LogP contribution in [-0.2, 0) is 19.2 Å². The molecule has 13 nitrogen and oxygen atoms in total. The van der Waals surface area contributed by atoms with Gasteiger partial charge < -0.3 is 44.0 Å². The highest BCUT2D eigenvalue weighted by molar-refractivity contribution is 5.94. The van der Waals surface area contributed by atoms with E-state index in [0.717, 1.165) is 0 Å². The molecule has 0 rings (SSSR count). The number of unbranched alkanes of at least 4 members (excludes halogenated alkanes) is 1. The summed E-state index contributed by atoms with van der Waals surface area (Å²) in [5, 5.41) is 17.3. The summed E-state index contributed by atoms with van der Waals surface area (Å²) < 4.78 is 0. The molecule has 5 atom stereocenters. The fourth-order valence-electron chi connectivity index (χ4n) is 3.35. The molecule has 0 aromatic rings. The number of carbonyl (C=O) groups is 4. The molecule has 208 valence electrons. The van der Waals surface area contributed by atoms with Crippen LogP contribution in [0.5, 0.6) is 0 Å². The molecule has 0 aliphatic heterocycles. The van der Waals surface area contributed by atoms with E-state index >= 15 is 0 Å². The van der Waals surface area contributed by atoms with Gasteiger partial charge in [-0.3, -0.25) is 19.4 Å². The lowest BCUT2D eigenvalue weighted by molar-refractivity contribution is -0.143. The summed E-state index contributed by atoms with van der Waals surface area (Å²) in [6.07, 6.45) is 2.70. The van der Waals surface area contributed by atoms with Crippen molar-refractivity contribution in [1.82, 2.24) is 16.0 Å². The predicted molar refractivity (Wildman–Crippen MR) is 139 cm³/mol. The van der Waals surface area contributed by atoms with Gasteiger partial charge in [0.05, 0.1) is 6.04 Å². The number of carbonyl (C=O) groups excluding carboxylic acids is 3. The lowest BCUT2D eigenvalue weighted by Crippen LogP contribution is -2.58. The van der Waals surface area contributed by atoms with E-state index in [4.69, 9.17) is 22.9 Å². The number of aliphatic imine (C=N–C) groups is 1. The lowest BCUT2D eigenvalue weighted by Gasteiger charge is -2.26. The summed E-state index contributed by atoms with van der Waals surface area (Å²) in [7, 11) is 0. The Labute approximate surface area is 213 Å². The van der Waals surface area contributed by atoms with Gasteiger partial charge >= 0.3 is 5.97 Å². The number of hydrogen-bond acceptors (Lipinski definition) is 7. The second kappa shape index (κ2) is 17.5. The molecule has 13 heteroatoms. The third-order valence-corrected chi connectivity index (χ3v) is 5.95. The maximum atomic E-state index is 13.2. The highest BCUT2D eigenvalue weighted by Crippen LogP contribution is 2.09. The van der Waals surface area contributed by atoms with E-state index in [-0.39, 0.29) is 30.8 Å². The molecule has 0 saturated heterocycles. The molecule has 3 amide bonds. The Hall–Kier alpha value is -2.93. The van der Waals surface area contributed by atoms with Crippen molar-refractivity contribution in [2.75, 3.05) is 13.1 Å². The highest BCUT2D eigenvalue weighted by atomic mass is 16.4. The Morgan fingerprint density at radius 1 is 0.861 bits per heavy atom. The van der Waals surface area contributed by atoms with Crippen LogP contribution in [0.2, 0.25) is 0 Å². The fraction of sp³-hybridized carbons (Fsp3) is 0.783. The normalized spacial score (nSPS) is 15.2. The summed E-state index contributed by atoms with van der Waals surface area (Å²) >= 11 is 0. The number of carboxylic acids is 1. The molecular weight excluding hydrogens is 468 g/mol. The Bertz CT molecular complexity index is 742. The number of carboxylic acid groups (broad SMARTS) is 1. The van der Waals surface area contributed by atoms with Crippen LogP contribution in [0.1, 0.15) is 66.2 Å². The van der Waals surface area contributed by atoms with Crippen molar-refractivity contribution in [3.63, 3.8) is 0 Å². The van der Waals surface area contributed by atoms with E-state index in [0.29, 0.717) is 38.6 Å². The number of nitrogens with two attached hydrogens (primary N) is 4. The molecule has 36 heavy (non-hydrogen) atoms. The third kappa shape index (κ3) is 12.7. The molecule has 0 bridgehead atoms. The number of hydrogen-bond donors (Lipinski definition) is 8. The van der Waals surface area contributed by atoms with E-state index < -0.39 is 47.9 Å². The molecule has 12 N–H and O–H groups in total. The second-order valence-electron chi connectivity index (χ2n) is 9.34. The van der Waals surface area contributed by atoms with Gasteiger partial charge in [0.15, 0.2) is 5.96 Å². The number of guanidine groups is 1. The van der Waals surface area contributed by atoms with Gasteiger partial charge in [0.2, 0.25) is 17.7 Å².